The number of halogens is 1. The van der Waals surface area contributed by atoms with Crippen molar-refractivity contribution in [2.45, 2.75) is 56.9 Å². The zero-order chi connectivity index (χ0) is 13.0. The van der Waals surface area contributed by atoms with Crippen LogP contribution in [-0.4, -0.2) is 12.7 Å². The molecule has 1 aliphatic rings. The highest BCUT2D eigenvalue weighted by Crippen LogP contribution is 2.34. The quantitative estimate of drug-likeness (QED) is 0.725. The van der Waals surface area contributed by atoms with Gasteiger partial charge in [-0.3, -0.25) is 0 Å². The van der Waals surface area contributed by atoms with E-state index < -0.39 is 0 Å². The van der Waals surface area contributed by atoms with E-state index in [1.165, 1.54) is 36.0 Å². The Hall–Kier alpha value is -0.340. The molecule has 0 aliphatic carbocycles. The Balaban J connectivity index is 2.16. The van der Waals surface area contributed by atoms with Crippen LogP contribution in [0.5, 0.6) is 0 Å². The number of alkyl halides is 1. The molecule has 1 heterocycles. The molecule has 1 fully saturated rings. The molecule has 2 heteroatoms. The number of hydrogen-bond donors (Lipinski definition) is 0. The topological polar surface area (TPSA) is 9.23 Å². The third kappa shape index (κ3) is 3.16. The fourth-order valence-electron chi connectivity index (χ4n) is 2.70. The Morgan fingerprint density at radius 2 is 2.00 bits per heavy atom. The van der Waals surface area contributed by atoms with Gasteiger partial charge in [-0.05, 0) is 48.8 Å². The lowest BCUT2D eigenvalue weighted by atomic mass is 9.95. The van der Waals surface area contributed by atoms with E-state index in [2.05, 4.69) is 48.0 Å². The van der Waals surface area contributed by atoms with E-state index in [9.17, 15) is 0 Å². The molecule has 0 aromatic heterocycles. The lowest BCUT2D eigenvalue weighted by Gasteiger charge is -2.27. The Labute approximate surface area is 119 Å². The molecule has 2 rings (SSSR count). The summed E-state index contributed by atoms with van der Waals surface area (Å²) in [6.45, 7) is 5.38. The molecule has 100 valence electrons. The second-order valence-electron chi connectivity index (χ2n) is 5.04. The maximum atomic E-state index is 5.88. The van der Waals surface area contributed by atoms with Crippen LogP contribution in [0.2, 0.25) is 0 Å². The van der Waals surface area contributed by atoms with Crippen LogP contribution in [0.3, 0.4) is 0 Å². The summed E-state index contributed by atoms with van der Waals surface area (Å²) < 4.78 is 5.88. The molecule has 1 aromatic carbocycles. The van der Waals surface area contributed by atoms with Crippen LogP contribution in [0, 0.1) is 0 Å². The lowest BCUT2D eigenvalue weighted by Crippen LogP contribution is -2.23. The van der Waals surface area contributed by atoms with E-state index >= 15 is 0 Å². The molecule has 1 aromatic rings. The van der Waals surface area contributed by atoms with Crippen molar-refractivity contribution < 1.29 is 4.74 Å². The van der Waals surface area contributed by atoms with Gasteiger partial charge in [-0.2, -0.15) is 0 Å². The first-order valence-corrected chi connectivity index (χ1v) is 8.05. The van der Waals surface area contributed by atoms with Gasteiger partial charge in [0.2, 0.25) is 0 Å². The van der Waals surface area contributed by atoms with E-state index in [0.29, 0.717) is 10.9 Å². The fourth-order valence-corrected chi connectivity index (χ4v) is 3.40. The molecule has 1 nitrogen and oxygen atoms in total. The van der Waals surface area contributed by atoms with Gasteiger partial charge in [0.25, 0.3) is 0 Å². The van der Waals surface area contributed by atoms with Crippen LogP contribution in [0.4, 0.5) is 0 Å². The van der Waals surface area contributed by atoms with Crippen molar-refractivity contribution in [1.29, 1.82) is 0 Å². The average Bonchev–Trinajstić information content (AvgIpc) is 2.46. The highest BCUT2D eigenvalue weighted by atomic mass is 79.9. The minimum atomic E-state index is 0.342. The van der Waals surface area contributed by atoms with Gasteiger partial charge in [-0.25, -0.2) is 0 Å². The van der Waals surface area contributed by atoms with Crippen LogP contribution in [0.15, 0.2) is 18.2 Å². The van der Waals surface area contributed by atoms with Gasteiger partial charge in [-0.1, -0.05) is 48.0 Å². The van der Waals surface area contributed by atoms with Crippen molar-refractivity contribution >= 4 is 15.9 Å². The third-order valence-corrected chi connectivity index (χ3v) is 4.97. The van der Waals surface area contributed by atoms with Gasteiger partial charge in [0, 0.05) is 6.61 Å². The molecule has 0 saturated carbocycles. The zero-order valence-electron chi connectivity index (χ0n) is 11.4. The Morgan fingerprint density at radius 3 is 2.61 bits per heavy atom. The molecular formula is C16H23BrO. The first-order valence-electron chi connectivity index (χ1n) is 7.13. The normalized spacial score (nSPS) is 21.8. The standard InChI is InChI=1S/C16H23BrO/c1-3-12-8-9-14(11-13(12)4-2)16(17)15-7-5-6-10-18-15/h8-9,11,15-16H,3-7,10H2,1-2H3. The number of ether oxygens (including phenoxy) is 1. The highest BCUT2D eigenvalue weighted by Gasteiger charge is 2.23. The molecule has 2 unspecified atom stereocenters. The maximum Gasteiger partial charge on any atom is 0.0740 e. The van der Waals surface area contributed by atoms with E-state index in [-0.39, 0.29) is 0 Å². The second-order valence-corrected chi connectivity index (χ2v) is 6.03. The predicted octanol–water partition coefficient (Wildman–Crippen LogP) is 4.82. The summed E-state index contributed by atoms with van der Waals surface area (Å²) >= 11 is 3.83. The summed E-state index contributed by atoms with van der Waals surface area (Å²) in [4.78, 5) is 0.342. The van der Waals surface area contributed by atoms with Gasteiger partial charge in [0.1, 0.15) is 0 Å². The summed E-state index contributed by atoms with van der Waals surface area (Å²) in [5.41, 5.74) is 4.33. The van der Waals surface area contributed by atoms with Gasteiger partial charge in [0.15, 0.2) is 0 Å². The van der Waals surface area contributed by atoms with E-state index in [0.717, 1.165) is 19.4 Å². The number of aryl methyl sites for hydroxylation is 2. The molecule has 0 radical (unpaired) electrons. The minimum Gasteiger partial charge on any atom is -0.377 e. The monoisotopic (exact) mass is 310 g/mol. The number of rotatable bonds is 4. The molecule has 2 atom stereocenters. The molecule has 0 N–H and O–H groups in total. The second kappa shape index (κ2) is 6.72. The van der Waals surface area contributed by atoms with Crippen LogP contribution in [0.25, 0.3) is 0 Å². The molecule has 0 bridgehead atoms. The Bertz CT molecular complexity index is 383. The first kappa shape index (κ1) is 14.1. The molecular weight excluding hydrogens is 288 g/mol. The van der Waals surface area contributed by atoms with Crippen LogP contribution >= 0.6 is 15.9 Å². The fraction of sp³-hybridized carbons (Fsp3) is 0.625. The molecule has 1 saturated heterocycles. The van der Waals surface area contributed by atoms with Crippen LogP contribution in [-0.2, 0) is 17.6 Å². The molecule has 18 heavy (non-hydrogen) atoms. The van der Waals surface area contributed by atoms with Crippen molar-refractivity contribution in [3.8, 4) is 0 Å². The summed E-state index contributed by atoms with van der Waals surface area (Å²) in [7, 11) is 0. The molecule has 0 amide bonds. The van der Waals surface area contributed by atoms with Crippen molar-refractivity contribution in [2.24, 2.45) is 0 Å². The summed E-state index contributed by atoms with van der Waals surface area (Å²) in [6.07, 6.45) is 6.26. The van der Waals surface area contributed by atoms with Gasteiger partial charge < -0.3 is 4.74 Å². The van der Waals surface area contributed by atoms with Gasteiger partial charge in [0.05, 0.1) is 10.9 Å². The smallest absolute Gasteiger partial charge is 0.0740 e. The summed E-state index contributed by atoms with van der Waals surface area (Å²) in [5, 5.41) is 0. The Kier molecular flexibility index (Phi) is 5.25. The van der Waals surface area contributed by atoms with E-state index in [4.69, 9.17) is 4.74 Å². The summed E-state index contributed by atoms with van der Waals surface area (Å²) in [6, 6.07) is 6.90. The maximum absolute atomic E-state index is 5.88. The first-order chi connectivity index (χ1) is 8.76. The van der Waals surface area contributed by atoms with Crippen LogP contribution in [0.1, 0.15) is 54.6 Å². The average molecular weight is 311 g/mol. The van der Waals surface area contributed by atoms with E-state index in [1.54, 1.807) is 0 Å². The third-order valence-electron chi connectivity index (χ3n) is 3.85. The summed E-state index contributed by atoms with van der Waals surface area (Å²) in [5.74, 6) is 0. The molecule has 1 aliphatic heterocycles. The van der Waals surface area contributed by atoms with E-state index in [1.807, 2.05) is 0 Å². The predicted molar refractivity (Wildman–Crippen MR) is 80.5 cm³/mol. The molecule has 0 spiro atoms. The largest absolute Gasteiger partial charge is 0.377 e. The number of hydrogen-bond acceptors (Lipinski definition) is 1. The minimum absolute atomic E-state index is 0.342. The SMILES string of the molecule is CCc1ccc(C(Br)C2CCCCO2)cc1CC. The van der Waals surface area contributed by atoms with Crippen molar-refractivity contribution in [2.75, 3.05) is 6.61 Å². The zero-order valence-corrected chi connectivity index (χ0v) is 13.0. The van der Waals surface area contributed by atoms with Gasteiger partial charge in [-0.15, -0.1) is 0 Å². The Morgan fingerprint density at radius 1 is 1.22 bits per heavy atom. The van der Waals surface area contributed by atoms with Crippen molar-refractivity contribution in [3.05, 3.63) is 34.9 Å². The van der Waals surface area contributed by atoms with Crippen LogP contribution < -0.4 is 0 Å². The van der Waals surface area contributed by atoms with Crippen molar-refractivity contribution in [3.63, 3.8) is 0 Å². The lowest BCUT2D eigenvalue weighted by molar-refractivity contribution is 0.0160. The van der Waals surface area contributed by atoms with Crippen molar-refractivity contribution in [1.82, 2.24) is 0 Å². The van der Waals surface area contributed by atoms with Gasteiger partial charge >= 0.3 is 0 Å². The highest BCUT2D eigenvalue weighted by molar-refractivity contribution is 9.09. The number of benzene rings is 1.